The third kappa shape index (κ3) is 8.05. The maximum Gasteiger partial charge on any atom is 0.407 e. The molecule has 2 aromatic carbocycles. The molecule has 1 aliphatic heterocycles. The first kappa shape index (κ1) is 36.8. The van der Waals surface area contributed by atoms with Crippen LogP contribution in [0.3, 0.4) is 0 Å². The standard InChI is InChI=1S/C38H38Cl2N6O6/c1-38(2,51)21-41-17-24-18-42-31-16-22(14-15-46(31)36(24)48)26-6-4-7-27(33(26)39)28-8-5-9-29(34(28)40)30-12-10-23(35(44-30)52-3)19-45(37(49)50)20-25-11-13-32(47)43-25/h4-10,12,14-16,18,25,41,51H,11,13,17,19-21H2,1-3H3,(H,43,47)(H,49,50)/t25-/m0/s1. The lowest BCUT2D eigenvalue weighted by atomic mass is 9.97. The average molecular weight is 746 g/mol. The minimum Gasteiger partial charge on any atom is -0.481 e. The van der Waals surface area contributed by atoms with Crippen LogP contribution in [-0.2, 0) is 17.9 Å². The molecule has 1 saturated heterocycles. The summed E-state index contributed by atoms with van der Waals surface area (Å²) in [6.07, 6.45) is 3.04. The molecular weight excluding hydrogens is 707 g/mol. The molecule has 1 aliphatic rings. The molecule has 0 unspecified atom stereocenters. The van der Waals surface area contributed by atoms with Gasteiger partial charge in [-0.2, -0.15) is 0 Å². The average Bonchev–Trinajstić information content (AvgIpc) is 3.53. The number of fused-ring (bicyclic) bond motifs is 1. The number of nitrogens with zero attached hydrogens (tertiary/aromatic N) is 4. The van der Waals surface area contributed by atoms with E-state index in [2.05, 4.69) is 15.6 Å². The number of hydrogen-bond acceptors (Lipinski definition) is 8. The highest BCUT2D eigenvalue weighted by Gasteiger charge is 2.26. The highest BCUT2D eigenvalue weighted by atomic mass is 35.5. The van der Waals surface area contributed by atoms with E-state index in [-0.39, 0.29) is 43.0 Å². The second-order valence-corrected chi connectivity index (χ2v) is 14.1. The zero-order chi connectivity index (χ0) is 37.2. The second kappa shape index (κ2) is 15.3. The van der Waals surface area contributed by atoms with Crippen molar-refractivity contribution in [2.45, 2.75) is 51.4 Å². The fraction of sp³-hybridized carbons (Fsp3) is 0.289. The number of methoxy groups -OCH3 is 1. The first-order valence-electron chi connectivity index (χ1n) is 16.7. The Kier molecular flexibility index (Phi) is 10.8. The van der Waals surface area contributed by atoms with Gasteiger partial charge in [0.25, 0.3) is 5.56 Å². The smallest absolute Gasteiger partial charge is 0.407 e. The fourth-order valence-electron chi connectivity index (χ4n) is 6.22. The lowest BCUT2D eigenvalue weighted by Gasteiger charge is -2.23. The summed E-state index contributed by atoms with van der Waals surface area (Å²) >= 11 is 14.1. The van der Waals surface area contributed by atoms with Crippen molar-refractivity contribution >= 4 is 40.8 Å². The zero-order valence-corrected chi connectivity index (χ0v) is 30.3. The van der Waals surface area contributed by atoms with E-state index in [4.69, 9.17) is 32.9 Å². The quantitative estimate of drug-likeness (QED) is 0.120. The largest absolute Gasteiger partial charge is 0.481 e. The van der Waals surface area contributed by atoms with Gasteiger partial charge in [0, 0.05) is 77.9 Å². The first-order chi connectivity index (χ1) is 24.8. The lowest BCUT2D eigenvalue weighted by molar-refractivity contribution is -0.119. The monoisotopic (exact) mass is 744 g/mol. The Labute approximate surface area is 310 Å². The fourth-order valence-corrected chi connectivity index (χ4v) is 6.88. The predicted molar refractivity (Wildman–Crippen MR) is 200 cm³/mol. The number of carbonyl (C=O) groups excluding carboxylic acids is 1. The van der Waals surface area contributed by atoms with Crippen LogP contribution in [0, 0.1) is 0 Å². The minimum atomic E-state index is -1.11. The van der Waals surface area contributed by atoms with Gasteiger partial charge in [0.15, 0.2) is 0 Å². The van der Waals surface area contributed by atoms with Crippen LogP contribution in [0.15, 0.2) is 77.9 Å². The van der Waals surface area contributed by atoms with Crippen molar-refractivity contribution in [3.63, 3.8) is 0 Å². The highest BCUT2D eigenvalue weighted by molar-refractivity contribution is 6.39. The number of amides is 2. The van der Waals surface area contributed by atoms with Gasteiger partial charge < -0.3 is 30.5 Å². The second-order valence-electron chi connectivity index (χ2n) is 13.3. The van der Waals surface area contributed by atoms with E-state index in [0.29, 0.717) is 68.6 Å². The van der Waals surface area contributed by atoms with E-state index in [1.807, 2.05) is 36.4 Å². The van der Waals surface area contributed by atoms with Crippen molar-refractivity contribution in [3.05, 3.63) is 105 Å². The minimum absolute atomic E-state index is 0.0226. The maximum atomic E-state index is 13.2. The number of pyridine rings is 2. The van der Waals surface area contributed by atoms with Crippen LogP contribution in [0.25, 0.3) is 39.2 Å². The van der Waals surface area contributed by atoms with Crippen LogP contribution in [0.5, 0.6) is 5.88 Å². The van der Waals surface area contributed by atoms with E-state index in [0.717, 1.165) is 11.1 Å². The summed E-state index contributed by atoms with van der Waals surface area (Å²) in [4.78, 5) is 47.3. The number of benzene rings is 2. The number of ether oxygens (including phenoxy) is 1. The Hall–Kier alpha value is -5.01. The SMILES string of the molecule is COc1nc(-c2cccc(-c3cccc(-c4ccn5c(=O)c(CNCC(C)(C)O)cnc5c4)c3Cl)c2Cl)ccc1CN(C[C@@H]1CCC(=O)N1)C(=O)O. The molecule has 2 amide bonds. The molecule has 4 N–H and O–H groups in total. The molecule has 5 aromatic rings. The van der Waals surface area contributed by atoms with Gasteiger partial charge >= 0.3 is 6.09 Å². The van der Waals surface area contributed by atoms with Crippen LogP contribution >= 0.6 is 23.2 Å². The van der Waals surface area contributed by atoms with Gasteiger partial charge in [0.1, 0.15) is 5.65 Å². The van der Waals surface area contributed by atoms with Crippen molar-refractivity contribution in [2.24, 2.45) is 0 Å². The topological polar surface area (TPSA) is 158 Å². The molecule has 4 heterocycles. The number of carbonyl (C=O) groups is 2. The van der Waals surface area contributed by atoms with Gasteiger partial charge in [-0.1, -0.05) is 59.6 Å². The molecule has 270 valence electrons. The van der Waals surface area contributed by atoms with Gasteiger partial charge in [-0.05, 0) is 50.1 Å². The summed E-state index contributed by atoms with van der Waals surface area (Å²) < 4.78 is 7.06. The summed E-state index contributed by atoms with van der Waals surface area (Å²) in [5.41, 5.74) is 4.35. The lowest BCUT2D eigenvalue weighted by Crippen LogP contribution is -2.41. The Balaban J connectivity index is 1.27. The Bertz CT molecular complexity index is 2220. The molecule has 52 heavy (non-hydrogen) atoms. The predicted octanol–water partition coefficient (Wildman–Crippen LogP) is 6.03. The third-order valence-electron chi connectivity index (χ3n) is 8.82. The molecule has 1 fully saturated rings. The third-order valence-corrected chi connectivity index (χ3v) is 9.63. The number of rotatable bonds is 12. The number of aromatic nitrogens is 3. The summed E-state index contributed by atoms with van der Waals surface area (Å²) in [5.74, 6) is 0.167. The Morgan fingerprint density at radius 2 is 1.73 bits per heavy atom. The van der Waals surface area contributed by atoms with E-state index < -0.39 is 11.7 Å². The first-order valence-corrected chi connectivity index (χ1v) is 17.4. The summed E-state index contributed by atoms with van der Waals surface area (Å²) in [6, 6.07) is 18.1. The molecule has 0 aliphatic carbocycles. The maximum absolute atomic E-state index is 13.2. The summed E-state index contributed by atoms with van der Waals surface area (Å²) in [6.45, 7) is 4.14. The van der Waals surface area contributed by atoms with E-state index in [1.54, 1.807) is 44.3 Å². The number of aliphatic hydroxyl groups is 1. The van der Waals surface area contributed by atoms with Crippen LogP contribution in [-0.4, -0.2) is 73.3 Å². The van der Waals surface area contributed by atoms with Crippen LogP contribution in [0.4, 0.5) is 4.79 Å². The van der Waals surface area contributed by atoms with E-state index in [1.165, 1.54) is 22.6 Å². The molecule has 6 rings (SSSR count). The molecule has 0 spiro atoms. The van der Waals surface area contributed by atoms with Gasteiger partial charge in [-0.25, -0.2) is 14.8 Å². The Morgan fingerprint density at radius 1 is 1.04 bits per heavy atom. The van der Waals surface area contributed by atoms with Crippen molar-refractivity contribution in [1.29, 1.82) is 0 Å². The Morgan fingerprint density at radius 3 is 2.38 bits per heavy atom. The van der Waals surface area contributed by atoms with E-state index in [9.17, 15) is 24.6 Å². The molecule has 1 atom stereocenters. The molecule has 0 bridgehead atoms. The van der Waals surface area contributed by atoms with Crippen molar-refractivity contribution in [2.75, 3.05) is 20.2 Å². The van der Waals surface area contributed by atoms with Crippen molar-refractivity contribution in [3.8, 4) is 39.4 Å². The zero-order valence-electron chi connectivity index (χ0n) is 28.8. The number of hydrogen-bond donors (Lipinski definition) is 4. The van der Waals surface area contributed by atoms with Crippen LogP contribution in [0.1, 0.15) is 37.8 Å². The van der Waals surface area contributed by atoms with Crippen molar-refractivity contribution < 1.29 is 24.5 Å². The van der Waals surface area contributed by atoms with Gasteiger partial charge in [0.05, 0.1) is 35.0 Å². The normalized spacial score (nSPS) is 14.4. The van der Waals surface area contributed by atoms with Crippen LogP contribution < -0.4 is 20.9 Å². The molecule has 0 saturated carbocycles. The van der Waals surface area contributed by atoms with Gasteiger partial charge in [-0.3, -0.25) is 14.0 Å². The molecule has 3 aromatic heterocycles. The molecule has 0 radical (unpaired) electrons. The van der Waals surface area contributed by atoms with E-state index >= 15 is 0 Å². The molecule has 12 nitrogen and oxygen atoms in total. The van der Waals surface area contributed by atoms with Crippen LogP contribution in [0.2, 0.25) is 10.0 Å². The number of halogens is 2. The molecule has 14 heteroatoms. The summed E-state index contributed by atoms with van der Waals surface area (Å²) in [7, 11) is 1.47. The highest BCUT2D eigenvalue weighted by Crippen LogP contribution is 2.42. The number of carboxylic acid groups (broad SMARTS) is 1. The number of nitrogens with one attached hydrogen (secondary N) is 2. The van der Waals surface area contributed by atoms with Gasteiger partial charge in [-0.15, -0.1) is 0 Å². The van der Waals surface area contributed by atoms with Gasteiger partial charge in [0.2, 0.25) is 11.8 Å². The van der Waals surface area contributed by atoms with Crippen molar-refractivity contribution in [1.82, 2.24) is 29.9 Å². The molecular formula is C38H38Cl2N6O6. The summed E-state index contributed by atoms with van der Waals surface area (Å²) in [5, 5.41) is 26.6.